The number of nitrogens with zero attached hydrogens (tertiary/aromatic N) is 2. The maximum atomic E-state index is 12.5. The van der Waals surface area contributed by atoms with E-state index in [2.05, 4.69) is 10.2 Å². The molecule has 0 aromatic carbocycles. The van der Waals surface area contributed by atoms with Crippen LogP contribution in [0, 0.1) is 5.92 Å². The van der Waals surface area contributed by atoms with Gasteiger partial charge in [-0.15, -0.1) is 0 Å². The van der Waals surface area contributed by atoms with Crippen molar-refractivity contribution < 1.29 is 13.9 Å². The molecule has 2 atom stereocenters. The number of hydrogen-bond donors (Lipinski definition) is 1. The molecule has 0 aliphatic carbocycles. The van der Waals surface area contributed by atoms with Gasteiger partial charge >= 0.3 is 6.03 Å². The first-order chi connectivity index (χ1) is 11.7. The highest BCUT2D eigenvalue weighted by Gasteiger charge is 2.26. The lowest BCUT2D eigenvalue weighted by molar-refractivity contribution is 0.0248. The standard InChI is InChI=1S/C18H29N3O3/c1-15(12-17-5-3-9-24-17)19-18(22)21-6-2-4-16(14-21)13-20-7-10-23-11-8-20/h3,5,9,15-16H,2,4,6-8,10-14H2,1H3,(H,19,22)/t15-,16-/m0/s1. The zero-order valence-corrected chi connectivity index (χ0v) is 14.6. The van der Waals surface area contributed by atoms with Crippen LogP contribution in [-0.4, -0.2) is 67.8 Å². The van der Waals surface area contributed by atoms with E-state index in [9.17, 15) is 4.79 Å². The molecule has 2 aliphatic heterocycles. The summed E-state index contributed by atoms with van der Waals surface area (Å²) in [5, 5.41) is 3.11. The number of likely N-dealkylation sites (tertiary alicyclic amines) is 1. The monoisotopic (exact) mass is 335 g/mol. The molecule has 3 heterocycles. The van der Waals surface area contributed by atoms with Crippen molar-refractivity contribution in [1.82, 2.24) is 15.1 Å². The molecule has 3 rings (SSSR count). The number of furan rings is 1. The third kappa shape index (κ3) is 4.98. The van der Waals surface area contributed by atoms with E-state index in [4.69, 9.17) is 9.15 Å². The van der Waals surface area contributed by atoms with Crippen LogP contribution in [0.3, 0.4) is 0 Å². The Morgan fingerprint density at radius 1 is 1.38 bits per heavy atom. The fourth-order valence-electron chi connectivity index (χ4n) is 3.63. The highest BCUT2D eigenvalue weighted by atomic mass is 16.5. The molecule has 1 aromatic rings. The Morgan fingerprint density at radius 2 is 2.21 bits per heavy atom. The second kappa shape index (κ2) is 8.53. The summed E-state index contributed by atoms with van der Waals surface area (Å²) in [5.74, 6) is 1.48. The maximum Gasteiger partial charge on any atom is 0.317 e. The molecule has 2 amide bonds. The van der Waals surface area contributed by atoms with E-state index in [0.29, 0.717) is 5.92 Å². The van der Waals surface area contributed by atoms with Gasteiger partial charge in [0, 0.05) is 45.2 Å². The molecule has 0 radical (unpaired) electrons. The topological polar surface area (TPSA) is 58.0 Å². The van der Waals surface area contributed by atoms with E-state index < -0.39 is 0 Å². The Balaban J connectivity index is 1.43. The second-order valence-electron chi connectivity index (χ2n) is 7.00. The molecule has 2 aliphatic rings. The van der Waals surface area contributed by atoms with Crippen molar-refractivity contribution in [3.63, 3.8) is 0 Å². The number of ether oxygens (including phenoxy) is 1. The Morgan fingerprint density at radius 3 is 2.96 bits per heavy atom. The van der Waals surface area contributed by atoms with Crippen molar-refractivity contribution in [2.24, 2.45) is 5.92 Å². The Kier molecular flexibility index (Phi) is 6.15. The van der Waals surface area contributed by atoms with Gasteiger partial charge in [0.15, 0.2) is 0 Å². The molecular formula is C18H29N3O3. The molecule has 0 saturated carbocycles. The van der Waals surface area contributed by atoms with Crippen molar-refractivity contribution in [3.05, 3.63) is 24.2 Å². The quantitative estimate of drug-likeness (QED) is 0.894. The highest BCUT2D eigenvalue weighted by molar-refractivity contribution is 5.74. The largest absolute Gasteiger partial charge is 0.469 e. The number of morpholine rings is 1. The summed E-state index contributed by atoms with van der Waals surface area (Å²) in [6.07, 6.45) is 4.70. The third-order valence-electron chi connectivity index (χ3n) is 4.88. The van der Waals surface area contributed by atoms with Crippen molar-refractivity contribution in [1.29, 1.82) is 0 Å². The second-order valence-corrected chi connectivity index (χ2v) is 7.00. The summed E-state index contributed by atoms with van der Waals surface area (Å²) in [4.78, 5) is 17.0. The van der Waals surface area contributed by atoms with E-state index in [-0.39, 0.29) is 12.1 Å². The number of nitrogens with one attached hydrogen (secondary N) is 1. The lowest BCUT2D eigenvalue weighted by Gasteiger charge is -2.37. The van der Waals surface area contributed by atoms with Gasteiger partial charge < -0.3 is 19.4 Å². The summed E-state index contributed by atoms with van der Waals surface area (Å²) in [6, 6.07) is 3.95. The van der Waals surface area contributed by atoms with Crippen molar-refractivity contribution in [2.45, 2.75) is 32.2 Å². The van der Waals surface area contributed by atoms with Crippen LogP contribution in [0.4, 0.5) is 4.79 Å². The van der Waals surface area contributed by atoms with E-state index in [0.717, 1.165) is 64.5 Å². The van der Waals surface area contributed by atoms with Gasteiger partial charge in [0.1, 0.15) is 5.76 Å². The molecule has 0 bridgehead atoms. The van der Waals surface area contributed by atoms with E-state index >= 15 is 0 Å². The minimum atomic E-state index is 0.0562. The summed E-state index contributed by atoms with van der Waals surface area (Å²) < 4.78 is 10.8. The maximum absolute atomic E-state index is 12.5. The molecule has 2 saturated heterocycles. The first-order valence-electron chi connectivity index (χ1n) is 9.08. The number of rotatable bonds is 5. The minimum Gasteiger partial charge on any atom is -0.469 e. The van der Waals surface area contributed by atoms with Crippen LogP contribution in [0.5, 0.6) is 0 Å². The number of carbonyl (C=O) groups is 1. The number of amides is 2. The smallest absolute Gasteiger partial charge is 0.317 e. The Bertz CT molecular complexity index is 500. The molecule has 0 unspecified atom stereocenters. The fraction of sp³-hybridized carbons (Fsp3) is 0.722. The van der Waals surface area contributed by atoms with E-state index in [1.807, 2.05) is 24.0 Å². The van der Waals surface area contributed by atoms with Crippen LogP contribution >= 0.6 is 0 Å². The number of urea groups is 1. The van der Waals surface area contributed by atoms with Crippen molar-refractivity contribution >= 4 is 6.03 Å². The zero-order valence-electron chi connectivity index (χ0n) is 14.6. The van der Waals surface area contributed by atoms with Crippen LogP contribution in [0.15, 0.2) is 22.8 Å². The lowest BCUT2D eigenvalue weighted by Crippen LogP contribution is -2.50. The highest BCUT2D eigenvalue weighted by Crippen LogP contribution is 2.18. The van der Waals surface area contributed by atoms with Crippen LogP contribution in [-0.2, 0) is 11.2 Å². The molecule has 1 N–H and O–H groups in total. The number of hydrogen-bond acceptors (Lipinski definition) is 4. The zero-order chi connectivity index (χ0) is 16.8. The fourth-order valence-corrected chi connectivity index (χ4v) is 3.63. The van der Waals surface area contributed by atoms with Gasteiger partial charge in [-0.25, -0.2) is 4.79 Å². The molecular weight excluding hydrogens is 306 g/mol. The SMILES string of the molecule is C[C@@H](Cc1ccco1)NC(=O)N1CCC[C@@H](CN2CCOCC2)C1. The predicted molar refractivity (Wildman–Crippen MR) is 92.0 cm³/mol. The molecule has 2 fully saturated rings. The van der Waals surface area contributed by atoms with Gasteiger partial charge in [-0.3, -0.25) is 4.90 Å². The van der Waals surface area contributed by atoms with E-state index in [1.54, 1.807) is 6.26 Å². The molecule has 6 nitrogen and oxygen atoms in total. The van der Waals surface area contributed by atoms with Crippen molar-refractivity contribution in [2.75, 3.05) is 45.9 Å². The Hall–Kier alpha value is -1.53. The summed E-state index contributed by atoms with van der Waals surface area (Å²) >= 11 is 0. The van der Waals surface area contributed by atoms with Gasteiger partial charge in [0.2, 0.25) is 0 Å². The van der Waals surface area contributed by atoms with Crippen LogP contribution in [0.2, 0.25) is 0 Å². The summed E-state index contributed by atoms with van der Waals surface area (Å²) in [5.41, 5.74) is 0. The molecule has 24 heavy (non-hydrogen) atoms. The Labute approximate surface area is 144 Å². The van der Waals surface area contributed by atoms with Crippen LogP contribution < -0.4 is 5.32 Å². The average Bonchev–Trinajstić information content (AvgIpc) is 3.09. The predicted octanol–water partition coefficient (Wildman–Crippen LogP) is 1.96. The van der Waals surface area contributed by atoms with E-state index in [1.165, 1.54) is 6.42 Å². The minimum absolute atomic E-state index is 0.0562. The van der Waals surface area contributed by atoms with Crippen LogP contribution in [0.25, 0.3) is 0 Å². The van der Waals surface area contributed by atoms with Crippen LogP contribution in [0.1, 0.15) is 25.5 Å². The summed E-state index contributed by atoms with van der Waals surface area (Å²) in [6.45, 7) is 8.52. The van der Waals surface area contributed by atoms with Gasteiger partial charge in [-0.1, -0.05) is 0 Å². The molecule has 0 spiro atoms. The lowest BCUT2D eigenvalue weighted by atomic mass is 9.97. The first-order valence-corrected chi connectivity index (χ1v) is 9.08. The van der Waals surface area contributed by atoms with Gasteiger partial charge in [-0.05, 0) is 37.8 Å². The first kappa shape index (κ1) is 17.3. The van der Waals surface area contributed by atoms with Gasteiger partial charge in [-0.2, -0.15) is 0 Å². The normalized spacial score (nSPS) is 23.9. The van der Waals surface area contributed by atoms with Gasteiger partial charge in [0.05, 0.1) is 19.5 Å². The van der Waals surface area contributed by atoms with Gasteiger partial charge in [0.25, 0.3) is 0 Å². The average molecular weight is 335 g/mol. The molecule has 6 heteroatoms. The molecule has 134 valence electrons. The number of piperidine rings is 1. The summed E-state index contributed by atoms with van der Waals surface area (Å²) in [7, 11) is 0. The number of carbonyl (C=O) groups excluding carboxylic acids is 1. The van der Waals surface area contributed by atoms with Crippen molar-refractivity contribution in [3.8, 4) is 0 Å². The third-order valence-corrected chi connectivity index (χ3v) is 4.88. The molecule has 1 aromatic heterocycles.